The van der Waals surface area contributed by atoms with Crippen molar-refractivity contribution in [3.8, 4) is 0 Å². The van der Waals surface area contributed by atoms with Gasteiger partial charge < -0.3 is 21.1 Å². The summed E-state index contributed by atoms with van der Waals surface area (Å²) >= 11 is 0. The Hall–Kier alpha value is -3.74. The zero-order valence-corrected chi connectivity index (χ0v) is 28.1. The van der Waals surface area contributed by atoms with Crippen molar-refractivity contribution in [2.75, 3.05) is 18.8 Å². The van der Waals surface area contributed by atoms with Gasteiger partial charge in [0.2, 0.25) is 5.91 Å². The van der Waals surface area contributed by atoms with Gasteiger partial charge in [0.25, 0.3) is 5.91 Å². The van der Waals surface area contributed by atoms with E-state index in [0.717, 1.165) is 35.7 Å². The Morgan fingerprint density at radius 1 is 0.894 bits per heavy atom. The molecule has 0 saturated carbocycles. The molecular formula is C35H46F2N4O5S. The molecule has 0 fully saturated rings. The third kappa shape index (κ3) is 12.1. The fourth-order valence-corrected chi connectivity index (χ4v) is 7.64. The molecule has 0 aliphatic rings. The third-order valence-corrected chi connectivity index (χ3v) is 10.2. The standard InChI is InChI=1S/C35H46F2N4O5S/c1-4-10-30(11-5-2)47(45,46)22-32(41-34(43)31-14-7-8-15-39-31)33(42)40-24-35(44,20-27-17-28(36)19-29(37)18-27)23-38-21-26-13-9-12-25(6-3)16-26/h7-9,12-19,30,32,38,44H,4-6,10-11,20-24H2,1-3H3,(H,40,42)(H,41,43)/t32-,35?/m0/s1. The van der Waals surface area contributed by atoms with Gasteiger partial charge in [0.1, 0.15) is 23.4 Å². The van der Waals surface area contributed by atoms with Crippen LogP contribution < -0.4 is 16.0 Å². The predicted molar refractivity (Wildman–Crippen MR) is 178 cm³/mol. The maximum atomic E-state index is 14.1. The molecule has 47 heavy (non-hydrogen) atoms. The highest BCUT2D eigenvalue weighted by atomic mass is 32.2. The van der Waals surface area contributed by atoms with Crippen molar-refractivity contribution >= 4 is 21.7 Å². The van der Waals surface area contributed by atoms with Crippen LogP contribution >= 0.6 is 0 Å². The number of nitrogens with one attached hydrogen (secondary N) is 3. The Morgan fingerprint density at radius 2 is 1.57 bits per heavy atom. The van der Waals surface area contributed by atoms with Gasteiger partial charge in [-0.1, -0.05) is 63.9 Å². The summed E-state index contributed by atoms with van der Waals surface area (Å²) in [6.07, 6.45) is 4.10. The van der Waals surface area contributed by atoms with Gasteiger partial charge in [0.15, 0.2) is 9.84 Å². The average molecular weight is 673 g/mol. The SMILES string of the molecule is CCCC(CCC)S(=O)(=O)C[C@H](NC(=O)c1ccccn1)C(=O)NCC(O)(CNCc1cccc(CC)c1)Cc1cc(F)cc(F)c1. The van der Waals surface area contributed by atoms with E-state index in [1.54, 1.807) is 12.1 Å². The minimum absolute atomic E-state index is 0.00217. The van der Waals surface area contributed by atoms with Crippen molar-refractivity contribution in [2.45, 2.75) is 82.7 Å². The molecule has 0 bridgehead atoms. The summed E-state index contributed by atoms with van der Waals surface area (Å²) < 4.78 is 55.1. The van der Waals surface area contributed by atoms with Gasteiger partial charge in [-0.3, -0.25) is 14.6 Å². The number of halogens is 2. The van der Waals surface area contributed by atoms with E-state index in [4.69, 9.17) is 0 Å². The molecule has 0 saturated heterocycles. The molecule has 12 heteroatoms. The second kappa shape index (κ2) is 18.0. The first-order valence-electron chi connectivity index (χ1n) is 16.0. The Kier molecular flexibility index (Phi) is 14.4. The monoisotopic (exact) mass is 672 g/mol. The summed E-state index contributed by atoms with van der Waals surface area (Å²) in [6.45, 7) is 5.68. The molecule has 2 amide bonds. The molecule has 2 atom stereocenters. The lowest BCUT2D eigenvalue weighted by Crippen LogP contribution is -2.56. The number of sulfone groups is 1. The highest BCUT2D eigenvalue weighted by molar-refractivity contribution is 7.92. The number of carbonyl (C=O) groups excluding carboxylic acids is 2. The molecule has 3 rings (SSSR count). The smallest absolute Gasteiger partial charge is 0.270 e. The Balaban J connectivity index is 1.84. The number of rotatable bonds is 19. The lowest BCUT2D eigenvalue weighted by Gasteiger charge is -2.30. The number of aryl methyl sites for hydroxylation is 1. The van der Waals surface area contributed by atoms with Crippen molar-refractivity contribution in [3.63, 3.8) is 0 Å². The molecule has 0 radical (unpaired) electrons. The van der Waals surface area contributed by atoms with E-state index in [1.165, 1.54) is 12.3 Å². The Morgan fingerprint density at radius 3 is 2.19 bits per heavy atom. The molecule has 1 aromatic heterocycles. The average Bonchev–Trinajstić information content (AvgIpc) is 3.03. The summed E-state index contributed by atoms with van der Waals surface area (Å²) in [5, 5.41) is 19.3. The number of amides is 2. The summed E-state index contributed by atoms with van der Waals surface area (Å²) in [5.41, 5.74) is 0.514. The van der Waals surface area contributed by atoms with Crippen LogP contribution in [0.2, 0.25) is 0 Å². The van der Waals surface area contributed by atoms with Crippen LogP contribution in [-0.2, 0) is 34.0 Å². The second-order valence-corrected chi connectivity index (χ2v) is 14.3. The molecule has 256 valence electrons. The van der Waals surface area contributed by atoms with Crippen LogP contribution in [0.5, 0.6) is 0 Å². The van der Waals surface area contributed by atoms with Crippen LogP contribution in [-0.4, -0.2) is 66.1 Å². The van der Waals surface area contributed by atoms with Crippen LogP contribution in [0.25, 0.3) is 0 Å². The summed E-state index contributed by atoms with van der Waals surface area (Å²) in [5.74, 6) is -3.84. The predicted octanol–water partition coefficient (Wildman–Crippen LogP) is 4.28. The maximum absolute atomic E-state index is 14.1. The van der Waals surface area contributed by atoms with Crippen molar-refractivity contribution < 1.29 is 31.9 Å². The van der Waals surface area contributed by atoms with Crippen LogP contribution in [0.15, 0.2) is 66.9 Å². The van der Waals surface area contributed by atoms with Gasteiger partial charge in [-0.25, -0.2) is 17.2 Å². The van der Waals surface area contributed by atoms with E-state index in [9.17, 15) is 31.9 Å². The normalized spacial score (nSPS) is 13.6. The van der Waals surface area contributed by atoms with Crippen molar-refractivity contribution in [1.29, 1.82) is 0 Å². The van der Waals surface area contributed by atoms with E-state index < -0.39 is 62.5 Å². The zero-order chi connectivity index (χ0) is 34.5. The lowest BCUT2D eigenvalue weighted by atomic mass is 9.93. The molecule has 3 aromatic rings. The number of pyridine rings is 1. The number of aliphatic hydroxyl groups is 1. The molecular weight excluding hydrogens is 626 g/mol. The Bertz CT molecular complexity index is 1550. The van der Waals surface area contributed by atoms with Gasteiger partial charge in [-0.2, -0.15) is 0 Å². The molecule has 1 unspecified atom stereocenters. The largest absolute Gasteiger partial charge is 0.386 e. The molecule has 0 spiro atoms. The summed E-state index contributed by atoms with van der Waals surface area (Å²) in [4.78, 5) is 30.6. The quantitative estimate of drug-likeness (QED) is 0.149. The van der Waals surface area contributed by atoms with E-state index in [-0.39, 0.29) is 24.2 Å². The zero-order valence-electron chi connectivity index (χ0n) is 27.3. The summed E-state index contributed by atoms with van der Waals surface area (Å²) in [6, 6.07) is 14.0. The van der Waals surface area contributed by atoms with Crippen LogP contribution in [0.4, 0.5) is 8.78 Å². The van der Waals surface area contributed by atoms with E-state index in [1.807, 2.05) is 45.0 Å². The number of benzene rings is 2. The summed E-state index contributed by atoms with van der Waals surface area (Å²) in [7, 11) is -3.84. The number of aromatic nitrogens is 1. The molecule has 1 heterocycles. The maximum Gasteiger partial charge on any atom is 0.270 e. The first-order valence-corrected chi connectivity index (χ1v) is 17.8. The van der Waals surface area contributed by atoms with Crippen molar-refractivity contribution in [3.05, 3.63) is 101 Å². The first kappa shape index (κ1) is 37.7. The fraction of sp³-hybridized carbons (Fsp3) is 0.457. The molecule has 4 N–H and O–H groups in total. The van der Waals surface area contributed by atoms with Gasteiger partial charge in [-0.15, -0.1) is 0 Å². The van der Waals surface area contributed by atoms with Crippen molar-refractivity contribution in [2.24, 2.45) is 0 Å². The number of hydrogen-bond acceptors (Lipinski definition) is 7. The van der Waals surface area contributed by atoms with Crippen LogP contribution in [0.1, 0.15) is 73.6 Å². The topological polar surface area (TPSA) is 137 Å². The van der Waals surface area contributed by atoms with Gasteiger partial charge in [0.05, 0.1) is 16.6 Å². The molecule has 2 aromatic carbocycles. The molecule has 9 nitrogen and oxygen atoms in total. The highest BCUT2D eigenvalue weighted by Gasteiger charge is 2.35. The molecule has 0 aliphatic heterocycles. The number of carbonyl (C=O) groups is 2. The minimum atomic E-state index is -3.84. The number of hydrogen-bond donors (Lipinski definition) is 4. The Labute approximate surface area is 276 Å². The van der Waals surface area contributed by atoms with Gasteiger partial charge >= 0.3 is 0 Å². The minimum Gasteiger partial charge on any atom is -0.386 e. The van der Waals surface area contributed by atoms with Crippen molar-refractivity contribution in [1.82, 2.24) is 20.9 Å². The van der Waals surface area contributed by atoms with E-state index in [2.05, 4.69) is 20.9 Å². The fourth-order valence-electron chi connectivity index (χ4n) is 5.48. The first-order chi connectivity index (χ1) is 22.4. The van der Waals surface area contributed by atoms with E-state index >= 15 is 0 Å². The number of nitrogens with zero attached hydrogens (tertiary/aromatic N) is 1. The molecule has 0 aliphatic carbocycles. The second-order valence-electron chi connectivity index (χ2n) is 11.9. The highest BCUT2D eigenvalue weighted by Crippen LogP contribution is 2.19. The van der Waals surface area contributed by atoms with Gasteiger partial charge in [-0.05, 0) is 60.2 Å². The van der Waals surface area contributed by atoms with Crippen LogP contribution in [0, 0.1) is 11.6 Å². The van der Waals surface area contributed by atoms with Gasteiger partial charge in [0, 0.05) is 38.3 Å². The van der Waals surface area contributed by atoms with E-state index in [0.29, 0.717) is 32.2 Å². The lowest BCUT2D eigenvalue weighted by molar-refractivity contribution is -0.123. The van der Waals surface area contributed by atoms with Crippen LogP contribution in [0.3, 0.4) is 0 Å². The third-order valence-electron chi connectivity index (χ3n) is 7.88.